The SMILES string of the molecule is C[C@@H](c1nc(N)nc(N(C)C)n1)N1CCS[C@H](c2ccccc2)C1. The second-order valence-corrected chi connectivity index (χ2v) is 7.50. The number of hydrogen-bond acceptors (Lipinski definition) is 7. The molecule has 0 unspecified atom stereocenters. The summed E-state index contributed by atoms with van der Waals surface area (Å²) < 4.78 is 0. The smallest absolute Gasteiger partial charge is 0.229 e. The van der Waals surface area contributed by atoms with E-state index in [-0.39, 0.29) is 12.0 Å². The van der Waals surface area contributed by atoms with Crippen LogP contribution in [-0.4, -0.2) is 52.8 Å². The molecule has 1 fully saturated rings. The molecule has 1 aromatic carbocycles. The minimum atomic E-state index is 0.112. The highest BCUT2D eigenvalue weighted by Crippen LogP contribution is 2.35. The summed E-state index contributed by atoms with van der Waals surface area (Å²) in [5, 5.41) is 0.481. The Kier molecular flexibility index (Phi) is 5.20. The maximum atomic E-state index is 5.87. The van der Waals surface area contributed by atoms with Crippen LogP contribution >= 0.6 is 11.8 Å². The molecule has 2 aromatic rings. The molecule has 128 valence electrons. The van der Waals surface area contributed by atoms with E-state index in [2.05, 4.69) is 57.1 Å². The summed E-state index contributed by atoms with van der Waals surface area (Å²) in [6.07, 6.45) is 0. The monoisotopic (exact) mass is 344 g/mol. The van der Waals surface area contributed by atoms with E-state index >= 15 is 0 Å². The lowest BCUT2D eigenvalue weighted by Crippen LogP contribution is -2.37. The molecule has 6 nitrogen and oxygen atoms in total. The van der Waals surface area contributed by atoms with Crippen LogP contribution in [0.15, 0.2) is 30.3 Å². The third kappa shape index (κ3) is 3.79. The largest absolute Gasteiger partial charge is 0.368 e. The molecule has 0 aliphatic carbocycles. The van der Waals surface area contributed by atoms with E-state index in [0.717, 1.165) is 24.7 Å². The van der Waals surface area contributed by atoms with Crippen molar-refractivity contribution in [3.8, 4) is 0 Å². The zero-order valence-corrected chi connectivity index (χ0v) is 15.2. The summed E-state index contributed by atoms with van der Waals surface area (Å²) >= 11 is 2.02. The molecule has 2 N–H and O–H groups in total. The van der Waals surface area contributed by atoms with Gasteiger partial charge in [0.2, 0.25) is 11.9 Å². The van der Waals surface area contributed by atoms with Crippen molar-refractivity contribution in [1.82, 2.24) is 19.9 Å². The van der Waals surface area contributed by atoms with Crippen molar-refractivity contribution in [3.05, 3.63) is 41.7 Å². The van der Waals surface area contributed by atoms with Crippen LogP contribution < -0.4 is 10.6 Å². The van der Waals surface area contributed by atoms with Gasteiger partial charge in [0.05, 0.1) is 6.04 Å². The van der Waals surface area contributed by atoms with E-state index < -0.39 is 0 Å². The summed E-state index contributed by atoms with van der Waals surface area (Å²) in [5.41, 5.74) is 7.25. The predicted octanol–water partition coefficient (Wildman–Crippen LogP) is 2.37. The van der Waals surface area contributed by atoms with Gasteiger partial charge in [-0.1, -0.05) is 30.3 Å². The Morgan fingerprint density at radius 1 is 1.21 bits per heavy atom. The van der Waals surface area contributed by atoms with Crippen molar-refractivity contribution in [2.24, 2.45) is 0 Å². The van der Waals surface area contributed by atoms with Crippen LogP contribution in [-0.2, 0) is 0 Å². The molecule has 1 aromatic heterocycles. The third-order valence-corrected chi connectivity index (χ3v) is 5.49. The Bertz CT molecular complexity index is 678. The van der Waals surface area contributed by atoms with Crippen LogP contribution in [0.25, 0.3) is 0 Å². The van der Waals surface area contributed by atoms with E-state index in [4.69, 9.17) is 5.73 Å². The molecular weight excluding hydrogens is 320 g/mol. The van der Waals surface area contributed by atoms with E-state index in [1.807, 2.05) is 30.8 Å². The fourth-order valence-electron chi connectivity index (χ4n) is 2.84. The van der Waals surface area contributed by atoms with Crippen LogP contribution in [0.5, 0.6) is 0 Å². The second kappa shape index (κ2) is 7.36. The number of rotatable bonds is 4. The number of thioether (sulfide) groups is 1. The van der Waals surface area contributed by atoms with Crippen molar-refractivity contribution in [2.45, 2.75) is 18.2 Å². The standard InChI is InChI=1S/C17H24N6S/c1-12(15-19-16(18)21-17(20-15)22(2)3)23-9-10-24-14(11-23)13-7-5-4-6-8-13/h4-8,12,14H,9-11H2,1-3H3,(H2,18,19,20,21)/t12-,14-/m0/s1. The molecule has 3 rings (SSSR count). The molecule has 1 saturated heterocycles. The van der Waals surface area contributed by atoms with Gasteiger partial charge in [-0.15, -0.1) is 0 Å². The number of benzene rings is 1. The van der Waals surface area contributed by atoms with E-state index in [1.165, 1.54) is 5.56 Å². The third-order valence-electron chi connectivity index (χ3n) is 4.25. The molecule has 0 amide bonds. The molecule has 0 radical (unpaired) electrons. The first-order valence-corrected chi connectivity index (χ1v) is 9.19. The van der Waals surface area contributed by atoms with Gasteiger partial charge in [-0.3, -0.25) is 4.90 Å². The van der Waals surface area contributed by atoms with Crippen molar-refractivity contribution in [3.63, 3.8) is 0 Å². The normalized spacial score (nSPS) is 19.9. The van der Waals surface area contributed by atoms with Gasteiger partial charge in [0.25, 0.3) is 0 Å². The lowest BCUT2D eigenvalue weighted by Gasteiger charge is -2.36. The molecule has 2 heterocycles. The van der Waals surface area contributed by atoms with Crippen LogP contribution in [0.3, 0.4) is 0 Å². The fourth-order valence-corrected chi connectivity index (χ4v) is 4.11. The van der Waals surface area contributed by atoms with Gasteiger partial charge in [0.15, 0.2) is 5.82 Å². The molecule has 1 aliphatic heterocycles. The average molecular weight is 344 g/mol. The molecular formula is C17H24N6S. The number of anilines is 2. The molecule has 0 bridgehead atoms. The minimum absolute atomic E-state index is 0.112. The molecule has 1 aliphatic rings. The maximum absolute atomic E-state index is 5.87. The van der Waals surface area contributed by atoms with E-state index in [0.29, 0.717) is 11.2 Å². The van der Waals surface area contributed by atoms with E-state index in [9.17, 15) is 0 Å². The average Bonchev–Trinajstić information content (AvgIpc) is 2.61. The van der Waals surface area contributed by atoms with Gasteiger partial charge < -0.3 is 10.6 Å². The summed E-state index contributed by atoms with van der Waals surface area (Å²) in [6.45, 7) is 4.16. The first kappa shape index (κ1) is 17.0. The molecule has 0 saturated carbocycles. The number of aromatic nitrogens is 3. The second-order valence-electron chi connectivity index (χ2n) is 6.19. The van der Waals surface area contributed by atoms with Gasteiger partial charge in [-0.2, -0.15) is 26.7 Å². The van der Waals surface area contributed by atoms with Gasteiger partial charge >= 0.3 is 0 Å². The Morgan fingerprint density at radius 3 is 2.67 bits per heavy atom. The van der Waals surface area contributed by atoms with Crippen LogP contribution in [0.2, 0.25) is 0 Å². The highest BCUT2D eigenvalue weighted by atomic mass is 32.2. The Balaban J connectivity index is 1.78. The summed E-state index contributed by atoms with van der Waals surface area (Å²) in [4.78, 5) is 17.4. The number of hydrogen-bond donors (Lipinski definition) is 1. The van der Waals surface area contributed by atoms with E-state index in [1.54, 1.807) is 0 Å². The van der Waals surface area contributed by atoms with Crippen molar-refractivity contribution in [1.29, 1.82) is 0 Å². The first-order valence-electron chi connectivity index (χ1n) is 8.14. The van der Waals surface area contributed by atoms with Crippen molar-refractivity contribution < 1.29 is 0 Å². The van der Waals surface area contributed by atoms with Crippen LogP contribution in [0.4, 0.5) is 11.9 Å². The van der Waals surface area contributed by atoms with Crippen molar-refractivity contribution >= 4 is 23.7 Å². The van der Waals surface area contributed by atoms with Gasteiger partial charge in [-0.05, 0) is 12.5 Å². The van der Waals surface area contributed by atoms with Gasteiger partial charge in [0.1, 0.15) is 0 Å². The molecule has 7 heteroatoms. The molecule has 24 heavy (non-hydrogen) atoms. The number of nitrogen functional groups attached to an aromatic ring is 1. The lowest BCUT2D eigenvalue weighted by atomic mass is 10.1. The van der Waals surface area contributed by atoms with Crippen molar-refractivity contribution in [2.75, 3.05) is 43.6 Å². The molecule has 0 spiro atoms. The van der Waals surface area contributed by atoms with Gasteiger partial charge in [0, 0.05) is 38.2 Å². The summed E-state index contributed by atoms with van der Waals surface area (Å²) in [6, 6.07) is 10.8. The molecule has 2 atom stereocenters. The zero-order valence-electron chi connectivity index (χ0n) is 14.4. The van der Waals surface area contributed by atoms with Crippen LogP contribution in [0.1, 0.15) is 29.6 Å². The first-order chi connectivity index (χ1) is 11.5. The summed E-state index contributed by atoms with van der Waals surface area (Å²) in [7, 11) is 3.82. The number of nitrogens with two attached hydrogens (primary N) is 1. The van der Waals surface area contributed by atoms with Gasteiger partial charge in [-0.25, -0.2) is 0 Å². The maximum Gasteiger partial charge on any atom is 0.229 e. The van der Waals surface area contributed by atoms with Crippen LogP contribution in [0, 0.1) is 0 Å². The Morgan fingerprint density at radius 2 is 1.96 bits per heavy atom. The Labute approximate surface area is 147 Å². The Hall–Kier alpha value is -1.86. The number of nitrogens with zero attached hydrogens (tertiary/aromatic N) is 5. The minimum Gasteiger partial charge on any atom is -0.368 e. The fraction of sp³-hybridized carbons (Fsp3) is 0.471. The quantitative estimate of drug-likeness (QED) is 0.913. The zero-order chi connectivity index (χ0) is 17.1. The predicted molar refractivity (Wildman–Crippen MR) is 100 cm³/mol. The highest BCUT2D eigenvalue weighted by molar-refractivity contribution is 7.99. The summed E-state index contributed by atoms with van der Waals surface area (Å²) in [5.74, 6) is 2.73. The lowest BCUT2D eigenvalue weighted by molar-refractivity contribution is 0.210. The highest BCUT2D eigenvalue weighted by Gasteiger charge is 2.27. The topological polar surface area (TPSA) is 71.2 Å².